The van der Waals surface area contributed by atoms with Crippen molar-refractivity contribution in [2.75, 3.05) is 6.61 Å². The van der Waals surface area contributed by atoms with Gasteiger partial charge in [0.25, 0.3) is 0 Å². The molecule has 2 heterocycles. The summed E-state index contributed by atoms with van der Waals surface area (Å²) in [5.41, 5.74) is 2.13. The van der Waals surface area contributed by atoms with E-state index < -0.39 is 19.4 Å². The number of hydrogen-bond donors (Lipinski definition) is 1. The van der Waals surface area contributed by atoms with Crippen molar-refractivity contribution in [2.24, 2.45) is 0 Å². The minimum absolute atomic E-state index is 0.176. The summed E-state index contributed by atoms with van der Waals surface area (Å²) in [7, 11) is -1.81. The van der Waals surface area contributed by atoms with Crippen LogP contribution in [0.5, 0.6) is 0 Å². The van der Waals surface area contributed by atoms with Gasteiger partial charge < -0.3 is 18.5 Å². The van der Waals surface area contributed by atoms with E-state index in [2.05, 4.69) is 58.1 Å². The van der Waals surface area contributed by atoms with Gasteiger partial charge in [0.1, 0.15) is 6.10 Å². The molecule has 1 N–H and O–H groups in total. The maximum absolute atomic E-state index is 11.5. The van der Waals surface area contributed by atoms with Crippen molar-refractivity contribution in [3.05, 3.63) is 51.7 Å². The second kappa shape index (κ2) is 10.4. The maximum atomic E-state index is 11.5. The van der Waals surface area contributed by atoms with Crippen molar-refractivity contribution in [1.29, 1.82) is 0 Å². The van der Waals surface area contributed by atoms with Crippen molar-refractivity contribution in [3.8, 4) is 0 Å². The van der Waals surface area contributed by atoms with Gasteiger partial charge in [0, 0.05) is 16.9 Å². The maximum Gasteiger partial charge on any atom is 0.192 e. The number of hydrogen-bond acceptors (Lipinski definition) is 5. The molecule has 5 nitrogen and oxygen atoms in total. The monoisotopic (exact) mass is 482 g/mol. The molecule has 1 aliphatic rings. The van der Waals surface area contributed by atoms with Crippen LogP contribution in [0.4, 0.5) is 0 Å². The van der Waals surface area contributed by atoms with Crippen LogP contribution in [0.1, 0.15) is 62.1 Å². The standard InChI is InChI=1S/C23H34O5S2Si/c1-23(2,3)31(4,5)27-15-17-9-11-18(12-10-17)22(28-21-8-6-7-13-26-21)20-14-19(16-29-20)30(24)25/h9-12,14,16,21-22H,6-8,13,15H2,1-5H3,(H,24,25). The summed E-state index contributed by atoms with van der Waals surface area (Å²) >= 11 is -0.562. The fourth-order valence-electron chi connectivity index (χ4n) is 3.11. The highest BCUT2D eigenvalue weighted by Gasteiger charge is 2.37. The SMILES string of the molecule is CC(C)(C)[Si](C)(C)OCc1ccc(C(OC2CCCCO2)c2cc(S(=O)O)cs2)cc1. The Labute approximate surface area is 193 Å². The highest BCUT2D eigenvalue weighted by molar-refractivity contribution is 7.79. The van der Waals surface area contributed by atoms with Gasteiger partial charge in [0.05, 0.1) is 11.5 Å². The number of ether oxygens (including phenoxy) is 2. The molecule has 0 amide bonds. The highest BCUT2D eigenvalue weighted by Crippen LogP contribution is 2.38. The van der Waals surface area contributed by atoms with E-state index in [1.165, 1.54) is 11.3 Å². The molecule has 2 aromatic rings. The lowest BCUT2D eigenvalue weighted by Gasteiger charge is -2.36. The van der Waals surface area contributed by atoms with Crippen LogP contribution in [0, 0.1) is 0 Å². The van der Waals surface area contributed by atoms with Crippen LogP contribution in [0.2, 0.25) is 18.1 Å². The molecule has 172 valence electrons. The molecule has 31 heavy (non-hydrogen) atoms. The Bertz CT molecular complexity index is 867. The third-order valence-electron chi connectivity index (χ3n) is 6.17. The van der Waals surface area contributed by atoms with E-state index >= 15 is 0 Å². The summed E-state index contributed by atoms with van der Waals surface area (Å²) in [4.78, 5) is 1.30. The lowest BCUT2D eigenvalue weighted by molar-refractivity contribution is -0.180. The molecule has 1 aliphatic heterocycles. The Kier molecular flexibility index (Phi) is 8.29. The van der Waals surface area contributed by atoms with Gasteiger partial charge in [0.15, 0.2) is 25.7 Å². The van der Waals surface area contributed by atoms with Crippen LogP contribution >= 0.6 is 11.3 Å². The van der Waals surface area contributed by atoms with E-state index in [9.17, 15) is 8.76 Å². The Balaban J connectivity index is 1.77. The van der Waals surface area contributed by atoms with Crippen LogP contribution in [-0.2, 0) is 31.6 Å². The zero-order valence-corrected chi connectivity index (χ0v) is 21.7. The van der Waals surface area contributed by atoms with E-state index in [1.807, 2.05) is 0 Å². The van der Waals surface area contributed by atoms with E-state index in [4.69, 9.17) is 13.9 Å². The molecule has 1 aromatic heterocycles. The van der Waals surface area contributed by atoms with Gasteiger partial charge in [0.2, 0.25) is 0 Å². The predicted molar refractivity (Wildman–Crippen MR) is 128 cm³/mol. The summed E-state index contributed by atoms with van der Waals surface area (Å²) in [5.74, 6) is 0. The first-order chi connectivity index (χ1) is 14.6. The fourth-order valence-corrected chi connectivity index (χ4v) is 5.68. The smallest absolute Gasteiger partial charge is 0.192 e. The van der Waals surface area contributed by atoms with E-state index in [0.29, 0.717) is 18.1 Å². The van der Waals surface area contributed by atoms with Crippen LogP contribution in [0.25, 0.3) is 0 Å². The van der Waals surface area contributed by atoms with Gasteiger partial charge in [-0.25, -0.2) is 4.21 Å². The van der Waals surface area contributed by atoms with Crippen molar-refractivity contribution in [2.45, 2.75) is 82.1 Å². The minimum atomic E-state index is -2.00. The first kappa shape index (κ1) is 24.8. The van der Waals surface area contributed by atoms with Crippen LogP contribution in [-0.4, -0.2) is 30.0 Å². The fraction of sp³-hybridized carbons (Fsp3) is 0.565. The molecule has 3 atom stereocenters. The van der Waals surface area contributed by atoms with Crippen LogP contribution in [0.15, 0.2) is 40.6 Å². The molecular formula is C23H34O5S2Si. The third kappa shape index (κ3) is 6.57. The van der Waals surface area contributed by atoms with E-state index in [0.717, 1.165) is 35.3 Å². The Morgan fingerprint density at radius 2 is 1.97 bits per heavy atom. The van der Waals surface area contributed by atoms with Crippen molar-refractivity contribution in [3.63, 3.8) is 0 Å². The Morgan fingerprint density at radius 1 is 1.26 bits per heavy atom. The first-order valence-electron chi connectivity index (χ1n) is 10.8. The molecule has 3 unspecified atom stereocenters. The van der Waals surface area contributed by atoms with Crippen LogP contribution in [0.3, 0.4) is 0 Å². The molecule has 0 radical (unpaired) electrons. The van der Waals surface area contributed by atoms with Crippen molar-refractivity contribution in [1.82, 2.24) is 0 Å². The zero-order valence-electron chi connectivity index (χ0n) is 19.1. The van der Waals surface area contributed by atoms with Gasteiger partial charge in [-0.1, -0.05) is 45.0 Å². The Hall–Kier alpha value is -0.873. The van der Waals surface area contributed by atoms with Gasteiger partial charge in [-0.15, -0.1) is 11.3 Å². The molecule has 0 aliphatic carbocycles. The van der Waals surface area contributed by atoms with E-state index in [-0.39, 0.29) is 17.4 Å². The molecule has 1 saturated heterocycles. The van der Waals surface area contributed by atoms with Gasteiger partial charge in [-0.3, -0.25) is 0 Å². The lowest BCUT2D eigenvalue weighted by Crippen LogP contribution is -2.40. The summed E-state index contributed by atoms with van der Waals surface area (Å²) in [6, 6.07) is 10.0. The van der Waals surface area contributed by atoms with Crippen LogP contribution < -0.4 is 0 Å². The van der Waals surface area contributed by atoms with Gasteiger partial charge in [-0.2, -0.15) is 0 Å². The topological polar surface area (TPSA) is 65.0 Å². The molecule has 0 bridgehead atoms. The number of benzene rings is 1. The second-order valence-corrected chi connectivity index (χ2v) is 16.3. The average Bonchev–Trinajstić information content (AvgIpc) is 3.21. The molecule has 1 aromatic carbocycles. The predicted octanol–water partition coefficient (Wildman–Crippen LogP) is 6.48. The third-order valence-corrected chi connectivity index (χ3v) is 12.4. The number of thiophene rings is 1. The quantitative estimate of drug-likeness (QED) is 0.344. The highest BCUT2D eigenvalue weighted by atomic mass is 32.2. The van der Waals surface area contributed by atoms with Gasteiger partial charge >= 0.3 is 0 Å². The van der Waals surface area contributed by atoms with Crippen molar-refractivity contribution < 1.29 is 22.7 Å². The molecule has 3 rings (SSSR count). The summed E-state index contributed by atoms with van der Waals surface area (Å²) < 4.78 is 39.4. The molecule has 8 heteroatoms. The van der Waals surface area contributed by atoms with E-state index in [1.54, 1.807) is 11.4 Å². The first-order valence-corrected chi connectivity index (χ1v) is 15.7. The second-order valence-electron chi connectivity index (χ2n) is 9.54. The average molecular weight is 483 g/mol. The number of rotatable bonds is 8. The normalized spacial score (nSPS) is 19.9. The molecule has 1 fully saturated rings. The molecule has 0 saturated carbocycles. The Morgan fingerprint density at radius 3 is 2.52 bits per heavy atom. The molecular weight excluding hydrogens is 448 g/mol. The largest absolute Gasteiger partial charge is 0.413 e. The summed E-state index contributed by atoms with van der Waals surface area (Å²) in [5, 5.41) is 1.89. The zero-order chi connectivity index (χ0) is 22.6. The summed E-state index contributed by atoms with van der Waals surface area (Å²) in [6.07, 6.45) is 2.41. The summed E-state index contributed by atoms with van der Waals surface area (Å²) in [6.45, 7) is 12.5. The molecule has 0 spiro atoms. The van der Waals surface area contributed by atoms with Crippen molar-refractivity contribution >= 4 is 30.7 Å². The lowest BCUT2D eigenvalue weighted by atomic mass is 10.1. The minimum Gasteiger partial charge on any atom is -0.413 e. The van der Waals surface area contributed by atoms with Gasteiger partial charge in [-0.05, 0) is 54.6 Å².